The van der Waals surface area contributed by atoms with Crippen LogP contribution < -0.4 is 5.32 Å². The summed E-state index contributed by atoms with van der Waals surface area (Å²) in [5, 5.41) is 3.42. The third-order valence-electron chi connectivity index (χ3n) is 2.89. The third kappa shape index (κ3) is 2.95. The Balaban J connectivity index is 1.65. The van der Waals surface area contributed by atoms with Crippen molar-refractivity contribution in [1.82, 2.24) is 5.32 Å². The molecule has 0 aromatic rings. The zero-order valence-electron chi connectivity index (χ0n) is 7.83. The Morgan fingerprint density at radius 2 is 2.00 bits per heavy atom. The minimum Gasteiger partial charge on any atom is -0.314 e. The lowest BCUT2D eigenvalue weighted by molar-refractivity contribution is 0.507. The van der Waals surface area contributed by atoms with Gasteiger partial charge in [-0.15, -0.1) is 0 Å². The van der Waals surface area contributed by atoms with Gasteiger partial charge < -0.3 is 5.32 Å². The second-order valence-electron chi connectivity index (χ2n) is 4.29. The lowest BCUT2D eigenvalue weighted by Crippen LogP contribution is -2.20. The van der Waals surface area contributed by atoms with Gasteiger partial charge in [-0.2, -0.15) is 0 Å². The fraction of sp³-hybridized carbons (Fsp3) is 1.00. The number of hydrogen-bond acceptors (Lipinski definition) is 3. The highest BCUT2D eigenvalue weighted by atomic mass is 32.2. The third-order valence-corrected chi connectivity index (χ3v) is 4.73. The highest BCUT2D eigenvalue weighted by molar-refractivity contribution is 7.91. The Hall–Kier alpha value is -0.0900. The van der Waals surface area contributed by atoms with E-state index in [0.29, 0.717) is 17.4 Å². The van der Waals surface area contributed by atoms with Gasteiger partial charge in [0.15, 0.2) is 9.84 Å². The van der Waals surface area contributed by atoms with E-state index in [1.807, 2.05) is 0 Å². The van der Waals surface area contributed by atoms with Crippen LogP contribution in [0.5, 0.6) is 0 Å². The molecule has 1 N–H and O–H groups in total. The summed E-state index contributed by atoms with van der Waals surface area (Å²) in [6.07, 6.45) is 4.54. The predicted octanol–water partition coefficient (Wildman–Crippen LogP) is 0.563. The molecule has 0 spiro atoms. The van der Waals surface area contributed by atoms with E-state index in [1.54, 1.807) is 0 Å². The molecule has 1 aliphatic carbocycles. The Morgan fingerprint density at radius 1 is 1.23 bits per heavy atom. The van der Waals surface area contributed by atoms with Crippen molar-refractivity contribution in [2.75, 3.05) is 18.1 Å². The lowest BCUT2D eigenvalue weighted by atomic mass is 10.1. The molecule has 0 aromatic carbocycles. The molecule has 1 heterocycles. The van der Waals surface area contributed by atoms with Crippen molar-refractivity contribution in [2.24, 2.45) is 5.92 Å². The highest BCUT2D eigenvalue weighted by Crippen LogP contribution is 2.22. The van der Waals surface area contributed by atoms with Crippen molar-refractivity contribution in [3.8, 4) is 0 Å². The number of rotatable bonds is 4. The van der Waals surface area contributed by atoms with E-state index in [-0.39, 0.29) is 0 Å². The van der Waals surface area contributed by atoms with Crippen molar-refractivity contribution >= 4 is 9.84 Å². The lowest BCUT2D eigenvalue weighted by Gasteiger charge is -2.07. The van der Waals surface area contributed by atoms with Gasteiger partial charge in [0.05, 0.1) is 11.5 Å². The summed E-state index contributed by atoms with van der Waals surface area (Å²) in [6.45, 7) is 1.00. The van der Waals surface area contributed by atoms with Gasteiger partial charge in [0, 0.05) is 6.04 Å². The molecule has 0 aromatic heterocycles. The van der Waals surface area contributed by atoms with E-state index < -0.39 is 9.84 Å². The van der Waals surface area contributed by atoms with Gasteiger partial charge in [0.25, 0.3) is 0 Å². The molecule has 3 nitrogen and oxygen atoms in total. The van der Waals surface area contributed by atoms with E-state index in [1.165, 1.54) is 12.8 Å². The van der Waals surface area contributed by atoms with Gasteiger partial charge in [0.1, 0.15) is 0 Å². The van der Waals surface area contributed by atoms with Crippen molar-refractivity contribution in [3.63, 3.8) is 0 Å². The fourth-order valence-electron chi connectivity index (χ4n) is 1.88. The summed E-state index contributed by atoms with van der Waals surface area (Å²) in [7, 11) is -2.66. The van der Waals surface area contributed by atoms with E-state index in [0.717, 1.165) is 25.4 Å². The molecule has 1 atom stereocenters. The first-order valence-electron chi connectivity index (χ1n) is 5.09. The van der Waals surface area contributed by atoms with Crippen molar-refractivity contribution in [3.05, 3.63) is 0 Å². The van der Waals surface area contributed by atoms with E-state index in [9.17, 15) is 8.42 Å². The minimum absolute atomic E-state index is 0.418. The molecule has 2 rings (SSSR count). The second kappa shape index (κ2) is 3.58. The Labute approximate surface area is 79.8 Å². The first-order valence-corrected chi connectivity index (χ1v) is 6.92. The second-order valence-corrected chi connectivity index (χ2v) is 6.51. The van der Waals surface area contributed by atoms with Gasteiger partial charge >= 0.3 is 0 Å². The van der Waals surface area contributed by atoms with Crippen molar-refractivity contribution < 1.29 is 8.42 Å². The van der Waals surface area contributed by atoms with Crippen LogP contribution in [-0.2, 0) is 9.84 Å². The van der Waals surface area contributed by atoms with Crippen LogP contribution in [0.1, 0.15) is 25.7 Å². The number of nitrogens with one attached hydrogen (secondary N) is 1. The molecule has 13 heavy (non-hydrogen) atoms. The summed E-state index contributed by atoms with van der Waals surface area (Å²) in [6, 6.07) is 0.748. The molecular weight excluding hydrogens is 186 g/mol. The monoisotopic (exact) mass is 203 g/mol. The van der Waals surface area contributed by atoms with Crippen LogP contribution in [0, 0.1) is 5.92 Å². The molecule has 2 fully saturated rings. The van der Waals surface area contributed by atoms with E-state index in [2.05, 4.69) is 5.32 Å². The van der Waals surface area contributed by atoms with Gasteiger partial charge in [-0.05, 0) is 38.1 Å². The summed E-state index contributed by atoms with van der Waals surface area (Å²) < 4.78 is 22.3. The molecule has 0 bridgehead atoms. The summed E-state index contributed by atoms with van der Waals surface area (Å²) in [4.78, 5) is 0. The molecule has 2 aliphatic rings. The quantitative estimate of drug-likeness (QED) is 0.726. The maximum absolute atomic E-state index is 11.1. The van der Waals surface area contributed by atoms with Crippen LogP contribution >= 0.6 is 0 Å². The Bertz CT molecular complexity index is 269. The number of hydrogen-bond donors (Lipinski definition) is 1. The molecule has 1 saturated heterocycles. The molecule has 1 saturated carbocycles. The minimum atomic E-state index is -2.66. The Morgan fingerprint density at radius 3 is 2.54 bits per heavy atom. The van der Waals surface area contributed by atoms with Crippen LogP contribution in [0.2, 0.25) is 0 Å². The number of sulfone groups is 1. The summed E-state index contributed by atoms with van der Waals surface area (Å²) in [5.41, 5.74) is 0. The van der Waals surface area contributed by atoms with Gasteiger partial charge in [-0.25, -0.2) is 8.42 Å². The molecule has 1 unspecified atom stereocenters. The van der Waals surface area contributed by atoms with Crippen LogP contribution in [0.4, 0.5) is 0 Å². The average molecular weight is 203 g/mol. The van der Waals surface area contributed by atoms with E-state index in [4.69, 9.17) is 0 Å². The fourth-order valence-corrected chi connectivity index (χ4v) is 3.79. The molecule has 0 radical (unpaired) electrons. The van der Waals surface area contributed by atoms with E-state index >= 15 is 0 Å². The molecule has 1 aliphatic heterocycles. The van der Waals surface area contributed by atoms with Crippen molar-refractivity contribution in [1.29, 1.82) is 0 Å². The molecule has 76 valence electrons. The average Bonchev–Trinajstić information content (AvgIpc) is 2.78. The molecular formula is C9H17NO2S. The SMILES string of the molecule is O=S1(=O)CCC(CCNC2CC2)C1. The maximum atomic E-state index is 11.1. The predicted molar refractivity (Wildman–Crippen MR) is 52.4 cm³/mol. The smallest absolute Gasteiger partial charge is 0.150 e. The highest BCUT2D eigenvalue weighted by Gasteiger charge is 2.28. The first kappa shape index (κ1) is 9.46. The van der Waals surface area contributed by atoms with Crippen LogP contribution in [-0.4, -0.2) is 32.5 Å². The summed E-state index contributed by atoms with van der Waals surface area (Å²) in [5.74, 6) is 1.27. The first-order chi connectivity index (χ1) is 6.16. The van der Waals surface area contributed by atoms with Crippen molar-refractivity contribution in [2.45, 2.75) is 31.7 Å². The Kier molecular flexibility index (Phi) is 2.60. The van der Waals surface area contributed by atoms with Gasteiger partial charge in [-0.3, -0.25) is 0 Å². The van der Waals surface area contributed by atoms with Gasteiger partial charge in [0.2, 0.25) is 0 Å². The molecule has 4 heteroatoms. The normalized spacial score (nSPS) is 32.2. The molecule has 0 amide bonds. The van der Waals surface area contributed by atoms with Crippen LogP contribution in [0.3, 0.4) is 0 Å². The van der Waals surface area contributed by atoms with Gasteiger partial charge in [-0.1, -0.05) is 0 Å². The van der Waals surface area contributed by atoms with Crippen LogP contribution in [0.25, 0.3) is 0 Å². The topological polar surface area (TPSA) is 46.2 Å². The zero-order valence-corrected chi connectivity index (χ0v) is 8.65. The standard InChI is InChI=1S/C9H17NO2S/c11-13(12)6-4-8(7-13)3-5-10-9-1-2-9/h8-10H,1-7H2. The zero-order chi connectivity index (χ0) is 9.31. The summed E-state index contributed by atoms with van der Waals surface area (Å²) >= 11 is 0. The largest absolute Gasteiger partial charge is 0.314 e. The van der Waals surface area contributed by atoms with Crippen LogP contribution in [0.15, 0.2) is 0 Å². The maximum Gasteiger partial charge on any atom is 0.150 e.